The van der Waals surface area contributed by atoms with Gasteiger partial charge in [-0.1, -0.05) is 6.92 Å². The van der Waals surface area contributed by atoms with Gasteiger partial charge in [-0.25, -0.2) is 4.68 Å². The lowest BCUT2D eigenvalue weighted by Gasteiger charge is -2.09. The van der Waals surface area contributed by atoms with Gasteiger partial charge < -0.3 is 17.3 Å². The molecule has 1 atom stereocenters. The Balaban J connectivity index is 2.93. The predicted molar refractivity (Wildman–Crippen MR) is 46.7 cm³/mol. The van der Waals surface area contributed by atoms with Crippen molar-refractivity contribution in [2.45, 2.75) is 19.3 Å². The van der Waals surface area contributed by atoms with Crippen LogP contribution in [0.15, 0.2) is 0 Å². The first-order chi connectivity index (χ1) is 5.70. The van der Waals surface area contributed by atoms with E-state index in [1.165, 1.54) is 4.68 Å². The van der Waals surface area contributed by atoms with Crippen LogP contribution in [0, 0.1) is 0 Å². The van der Waals surface area contributed by atoms with Gasteiger partial charge in [0, 0.05) is 12.5 Å². The van der Waals surface area contributed by atoms with E-state index in [4.69, 9.17) is 17.3 Å². The van der Waals surface area contributed by atoms with Crippen molar-refractivity contribution in [2.75, 3.05) is 18.1 Å². The first-order valence-corrected chi connectivity index (χ1v) is 3.86. The lowest BCUT2D eigenvalue weighted by molar-refractivity contribution is 0.611. The molecule has 0 fully saturated rings. The molecular weight excluding hydrogens is 156 g/mol. The highest BCUT2D eigenvalue weighted by molar-refractivity contribution is 5.19. The molecular formula is C6H14N6. The quantitative estimate of drug-likeness (QED) is 0.505. The van der Waals surface area contributed by atoms with Gasteiger partial charge in [-0.3, -0.25) is 0 Å². The number of nitrogens with two attached hydrogens (primary N) is 3. The Morgan fingerprint density at radius 3 is 2.50 bits per heavy atom. The van der Waals surface area contributed by atoms with Crippen LogP contribution in [0.5, 0.6) is 0 Å². The van der Waals surface area contributed by atoms with E-state index in [0.29, 0.717) is 12.4 Å². The Hall–Kier alpha value is -1.30. The third kappa shape index (κ3) is 1.33. The highest BCUT2D eigenvalue weighted by atomic mass is 15.4. The number of nitrogens with zero attached hydrogens (tertiary/aromatic N) is 3. The summed E-state index contributed by atoms with van der Waals surface area (Å²) in [6.45, 7) is 2.52. The Kier molecular flexibility index (Phi) is 2.49. The molecule has 1 rings (SSSR count). The van der Waals surface area contributed by atoms with Gasteiger partial charge in [0.2, 0.25) is 5.95 Å². The molecule has 6 N–H and O–H groups in total. The van der Waals surface area contributed by atoms with E-state index < -0.39 is 0 Å². The van der Waals surface area contributed by atoms with Gasteiger partial charge in [0.15, 0.2) is 5.82 Å². The number of nitrogen functional groups attached to an aromatic ring is 2. The standard InChI is InChI=1S/C6H14N6/c1-2-4(3-7)5-10-11-6(8)12(5)9/h4H,2-3,7,9H2,1H3,(H2,8,11). The fourth-order valence-electron chi connectivity index (χ4n) is 1.05. The van der Waals surface area contributed by atoms with Gasteiger partial charge in [-0.2, -0.15) is 0 Å². The lowest BCUT2D eigenvalue weighted by Crippen LogP contribution is -2.22. The zero-order valence-corrected chi connectivity index (χ0v) is 7.07. The molecule has 0 aliphatic rings. The number of hydrogen-bond acceptors (Lipinski definition) is 5. The molecule has 0 aliphatic heterocycles. The van der Waals surface area contributed by atoms with E-state index >= 15 is 0 Å². The van der Waals surface area contributed by atoms with Crippen molar-refractivity contribution in [1.29, 1.82) is 0 Å². The van der Waals surface area contributed by atoms with Gasteiger partial charge in [-0.15, -0.1) is 10.2 Å². The number of anilines is 1. The molecule has 1 unspecified atom stereocenters. The molecule has 1 heterocycles. The maximum atomic E-state index is 5.57. The Morgan fingerprint density at radius 1 is 1.50 bits per heavy atom. The maximum Gasteiger partial charge on any atom is 0.240 e. The third-order valence-electron chi connectivity index (χ3n) is 1.89. The molecule has 0 saturated carbocycles. The second kappa shape index (κ2) is 3.40. The van der Waals surface area contributed by atoms with E-state index in [-0.39, 0.29) is 11.9 Å². The minimum absolute atomic E-state index is 0.139. The van der Waals surface area contributed by atoms with E-state index in [2.05, 4.69) is 10.2 Å². The third-order valence-corrected chi connectivity index (χ3v) is 1.89. The van der Waals surface area contributed by atoms with Crippen LogP contribution in [0.25, 0.3) is 0 Å². The number of hydrogen-bond donors (Lipinski definition) is 3. The van der Waals surface area contributed by atoms with Crippen molar-refractivity contribution in [1.82, 2.24) is 14.9 Å². The molecule has 0 bridgehead atoms. The minimum Gasteiger partial charge on any atom is -0.366 e. The molecule has 6 nitrogen and oxygen atoms in total. The van der Waals surface area contributed by atoms with Gasteiger partial charge in [0.1, 0.15) is 0 Å². The van der Waals surface area contributed by atoms with E-state index in [0.717, 1.165) is 6.42 Å². The topological polar surface area (TPSA) is 109 Å². The largest absolute Gasteiger partial charge is 0.366 e. The Labute approximate surface area is 70.7 Å². The molecule has 12 heavy (non-hydrogen) atoms. The van der Waals surface area contributed by atoms with Crippen molar-refractivity contribution in [2.24, 2.45) is 5.73 Å². The summed E-state index contributed by atoms with van der Waals surface area (Å²) in [6, 6.07) is 0. The van der Waals surface area contributed by atoms with Crippen LogP contribution in [0.4, 0.5) is 5.95 Å². The summed E-state index contributed by atoms with van der Waals surface area (Å²) in [4.78, 5) is 0. The summed E-state index contributed by atoms with van der Waals surface area (Å²) in [5, 5.41) is 7.48. The molecule has 0 radical (unpaired) electrons. The normalized spacial score (nSPS) is 13.2. The fourth-order valence-corrected chi connectivity index (χ4v) is 1.05. The smallest absolute Gasteiger partial charge is 0.240 e. The zero-order chi connectivity index (χ0) is 9.14. The summed E-state index contributed by atoms with van der Waals surface area (Å²) in [6.07, 6.45) is 0.881. The molecule has 68 valence electrons. The molecule has 0 aliphatic carbocycles. The first-order valence-electron chi connectivity index (χ1n) is 3.86. The van der Waals surface area contributed by atoms with Crippen LogP contribution in [-0.4, -0.2) is 21.4 Å². The number of aromatic nitrogens is 3. The SMILES string of the molecule is CCC(CN)c1nnc(N)n1N. The van der Waals surface area contributed by atoms with Crippen LogP contribution in [-0.2, 0) is 0 Å². The number of rotatable bonds is 3. The van der Waals surface area contributed by atoms with Crippen LogP contribution in [0.2, 0.25) is 0 Å². The first kappa shape index (κ1) is 8.79. The highest BCUT2D eigenvalue weighted by Gasteiger charge is 2.15. The van der Waals surface area contributed by atoms with E-state index in [9.17, 15) is 0 Å². The lowest BCUT2D eigenvalue weighted by atomic mass is 10.1. The molecule has 0 amide bonds. The monoisotopic (exact) mass is 170 g/mol. The van der Waals surface area contributed by atoms with Gasteiger partial charge in [0.25, 0.3) is 0 Å². The summed E-state index contributed by atoms with van der Waals surface area (Å²) in [5.74, 6) is 6.57. The van der Waals surface area contributed by atoms with Gasteiger partial charge >= 0.3 is 0 Å². The molecule has 0 spiro atoms. The van der Waals surface area contributed by atoms with Crippen molar-refractivity contribution in [3.63, 3.8) is 0 Å². The summed E-state index contributed by atoms with van der Waals surface area (Å²) in [7, 11) is 0. The Bertz CT molecular complexity index is 251. The van der Waals surface area contributed by atoms with Crippen molar-refractivity contribution in [3.05, 3.63) is 5.82 Å². The summed E-state index contributed by atoms with van der Waals surface area (Å²) in [5.41, 5.74) is 10.9. The summed E-state index contributed by atoms with van der Waals surface area (Å²) < 4.78 is 1.28. The van der Waals surface area contributed by atoms with Crippen LogP contribution < -0.4 is 17.3 Å². The summed E-state index contributed by atoms with van der Waals surface area (Å²) >= 11 is 0. The zero-order valence-electron chi connectivity index (χ0n) is 7.07. The fraction of sp³-hybridized carbons (Fsp3) is 0.667. The molecule has 1 aromatic heterocycles. The van der Waals surface area contributed by atoms with E-state index in [1.54, 1.807) is 0 Å². The van der Waals surface area contributed by atoms with Gasteiger partial charge in [0.05, 0.1) is 0 Å². The van der Waals surface area contributed by atoms with Crippen molar-refractivity contribution in [3.8, 4) is 0 Å². The second-order valence-corrected chi connectivity index (χ2v) is 2.63. The average molecular weight is 170 g/mol. The maximum absolute atomic E-state index is 5.57. The van der Waals surface area contributed by atoms with Crippen LogP contribution in [0.1, 0.15) is 25.1 Å². The predicted octanol–water partition coefficient (Wildman–Crippen LogP) is -0.974. The van der Waals surface area contributed by atoms with Crippen molar-refractivity contribution < 1.29 is 0 Å². The van der Waals surface area contributed by atoms with Crippen molar-refractivity contribution >= 4 is 5.95 Å². The van der Waals surface area contributed by atoms with Crippen LogP contribution in [0.3, 0.4) is 0 Å². The van der Waals surface area contributed by atoms with E-state index in [1.807, 2.05) is 6.92 Å². The molecule has 0 saturated heterocycles. The molecule has 6 heteroatoms. The van der Waals surface area contributed by atoms with Crippen LogP contribution >= 0.6 is 0 Å². The second-order valence-electron chi connectivity index (χ2n) is 2.63. The molecule has 0 aromatic carbocycles. The average Bonchev–Trinajstić information content (AvgIpc) is 2.38. The van der Waals surface area contributed by atoms with Gasteiger partial charge in [-0.05, 0) is 6.42 Å². The highest BCUT2D eigenvalue weighted by Crippen LogP contribution is 2.15. The molecule has 1 aromatic rings. The Morgan fingerprint density at radius 2 is 2.17 bits per heavy atom. The minimum atomic E-state index is 0.139.